The van der Waals surface area contributed by atoms with Crippen LogP contribution in [0.15, 0.2) is 196 Å². The van der Waals surface area contributed by atoms with Gasteiger partial charge in [0.25, 0.3) is 0 Å². The van der Waals surface area contributed by atoms with Crippen LogP contribution < -0.4 is 9.47 Å². The number of para-hydroxylation sites is 2. The summed E-state index contributed by atoms with van der Waals surface area (Å²) in [5.41, 5.74) is 1.42. The van der Waals surface area contributed by atoms with Crippen molar-refractivity contribution in [2.75, 3.05) is 17.8 Å². The molecule has 0 aromatic heterocycles. The van der Waals surface area contributed by atoms with E-state index in [4.69, 9.17) is 14.2 Å². The lowest BCUT2D eigenvalue weighted by Crippen LogP contribution is -2.24. The van der Waals surface area contributed by atoms with E-state index in [1.54, 1.807) is 59.6 Å². The van der Waals surface area contributed by atoms with E-state index < -0.39 is 0 Å². The van der Waals surface area contributed by atoms with Gasteiger partial charge in [0.2, 0.25) is 0 Å². The SMILES string of the molecule is CC(C)CC(=O)OC(CSc1ccccc1)CSc1ccccc1.CC(C)CC(=O)Oc1ccccc1.CC(C)CC(=O)Oc1ccccc1.CC(C)CC(=O)Sc1ccccc1.CSc1ccc(C(C)C)cc1. The molecular weight excluding hydrogens is 997 g/mol. The first-order valence-corrected chi connectivity index (χ1v) is 29.4. The molecule has 0 amide bonds. The maximum absolute atomic E-state index is 12.0. The lowest BCUT2D eigenvalue weighted by molar-refractivity contribution is -0.147. The number of benzene rings is 6. The van der Waals surface area contributed by atoms with E-state index in [-0.39, 0.29) is 29.1 Å². The maximum atomic E-state index is 12.0. The lowest BCUT2D eigenvalue weighted by Gasteiger charge is -2.18. The lowest BCUT2D eigenvalue weighted by atomic mass is 10.0. The summed E-state index contributed by atoms with van der Waals surface area (Å²) in [4.78, 5) is 50.6. The summed E-state index contributed by atoms with van der Waals surface area (Å²) in [6.45, 7) is 20.6. The Labute approximate surface area is 461 Å². The number of hydrogen-bond acceptors (Lipinski definition) is 11. The Hall–Kier alpha value is -5.20. The molecule has 0 unspecified atom stereocenters. The third-order valence-electron chi connectivity index (χ3n) is 9.66. The van der Waals surface area contributed by atoms with Gasteiger partial charge < -0.3 is 14.2 Å². The molecule has 0 aliphatic rings. The second kappa shape index (κ2) is 39.2. The normalized spacial score (nSPS) is 10.5. The molecule has 74 heavy (non-hydrogen) atoms. The summed E-state index contributed by atoms with van der Waals surface area (Å²) in [6, 6.07) is 57.3. The van der Waals surface area contributed by atoms with Crippen LogP contribution in [-0.4, -0.2) is 46.9 Å². The predicted molar refractivity (Wildman–Crippen MR) is 316 cm³/mol. The standard InChI is InChI=1S/C20H24O2S2.2C11H14O2.C11H14OS.C10H14S/c1-16(2)13-20(21)22-17(14-23-18-9-5-3-6-10-18)15-24-19-11-7-4-8-12-19;3*1-9(2)8-11(12)13-10-6-4-3-5-7-10;1-8(2)9-4-6-10(11-3)7-5-9/h3-12,16-17H,13-15H2,1-2H3;3*3-7,9H,8H2,1-2H3;4-8H,1-3H3. The summed E-state index contributed by atoms with van der Waals surface area (Å²) in [7, 11) is 0. The molecule has 7 nitrogen and oxygen atoms in total. The predicted octanol–water partition coefficient (Wildman–Crippen LogP) is 17.7. The van der Waals surface area contributed by atoms with Gasteiger partial charge in [-0.25, -0.2) is 0 Å². The number of carbonyl (C=O) groups excluding carboxylic acids is 4. The largest absolute Gasteiger partial charge is 0.461 e. The molecule has 0 saturated heterocycles. The number of esters is 3. The van der Waals surface area contributed by atoms with Gasteiger partial charge in [-0.2, -0.15) is 0 Å². The number of ether oxygens (including phenoxy) is 3. The zero-order valence-electron chi connectivity index (χ0n) is 45.4. The fourth-order valence-corrected chi connectivity index (χ4v) is 9.43. The van der Waals surface area contributed by atoms with Crippen molar-refractivity contribution in [3.63, 3.8) is 0 Å². The van der Waals surface area contributed by atoms with Gasteiger partial charge in [0, 0.05) is 56.8 Å². The minimum atomic E-state index is -0.166. The van der Waals surface area contributed by atoms with Crippen LogP contribution in [0.25, 0.3) is 0 Å². The van der Waals surface area contributed by atoms with Crippen molar-refractivity contribution in [2.45, 2.75) is 127 Å². The Balaban J connectivity index is 0.000000328. The van der Waals surface area contributed by atoms with Crippen molar-refractivity contribution in [2.24, 2.45) is 23.7 Å². The van der Waals surface area contributed by atoms with Gasteiger partial charge in [0.15, 0.2) is 5.12 Å². The highest BCUT2D eigenvalue weighted by molar-refractivity contribution is 8.13. The Bertz CT molecular complexity index is 2200. The fourth-order valence-electron chi connectivity index (χ4n) is 6.07. The molecule has 0 saturated carbocycles. The smallest absolute Gasteiger partial charge is 0.311 e. The van der Waals surface area contributed by atoms with E-state index >= 15 is 0 Å². The Kier molecular flexibility index (Phi) is 34.4. The number of rotatable bonds is 20. The van der Waals surface area contributed by atoms with Crippen molar-refractivity contribution in [1.82, 2.24) is 0 Å². The van der Waals surface area contributed by atoms with E-state index in [1.807, 2.05) is 145 Å². The molecular formula is C63H80O7S4. The summed E-state index contributed by atoms with van der Waals surface area (Å²) >= 11 is 6.59. The second-order valence-corrected chi connectivity index (χ2v) is 23.2. The van der Waals surface area contributed by atoms with Crippen molar-refractivity contribution in [3.05, 3.63) is 181 Å². The zero-order valence-corrected chi connectivity index (χ0v) is 48.7. The van der Waals surface area contributed by atoms with Crippen LogP contribution in [0, 0.1) is 23.7 Å². The molecule has 6 aromatic rings. The van der Waals surface area contributed by atoms with Gasteiger partial charge in [-0.05, 0) is 114 Å². The minimum absolute atomic E-state index is 0.0911. The average Bonchev–Trinajstić information content (AvgIpc) is 3.36. The molecule has 0 N–H and O–H groups in total. The van der Waals surface area contributed by atoms with E-state index in [0.29, 0.717) is 66.8 Å². The number of thioether (sulfide) groups is 4. The van der Waals surface area contributed by atoms with Gasteiger partial charge in [0.05, 0.1) is 0 Å². The first kappa shape index (κ1) is 64.9. The van der Waals surface area contributed by atoms with Crippen molar-refractivity contribution in [3.8, 4) is 11.5 Å². The minimum Gasteiger partial charge on any atom is -0.461 e. The molecule has 0 radical (unpaired) electrons. The second-order valence-electron chi connectivity index (χ2n) is 19.0. The van der Waals surface area contributed by atoms with E-state index in [2.05, 4.69) is 82.5 Å². The molecule has 11 heteroatoms. The topological polar surface area (TPSA) is 96.0 Å². The van der Waals surface area contributed by atoms with Crippen LogP contribution in [-0.2, 0) is 23.9 Å². The summed E-state index contributed by atoms with van der Waals surface area (Å²) in [6.07, 6.45) is 4.07. The van der Waals surface area contributed by atoms with E-state index in [0.717, 1.165) is 16.4 Å². The van der Waals surface area contributed by atoms with Crippen molar-refractivity contribution < 1.29 is 33.4 Å². The van der Waals surface area contributed by atoms with Crippen LogP contribution >= 0.6 is 47.0 Å². The fraction of sp³-hybridized carbons (Fsp3) is 0.365. The highest BCUT2D eigenvalue weighted by Crippen LogP contribution is 2.26. The average molecular weight is 1080 g/mol. The third-order valence-corrected chi connectivity index (χ3v) is 13.6. The number of hydrogen-bond donors (Lipinski definition) is 0. The molecule has 0 bridgehead atoms. The molecule has 0 heterocycles. The molecule has 0 spiro atoms. The molecule has 0 fully saturated rings. The van der Waals surface area contributed by atoms with Crippen molar-refractivity contribution in [1.29, 1.82) is 0 Å². The summed E-state index contributed by atoms with van der Waals surface area (Å²) in [5.74, 6) is 4.45. The molecule has 6 aromatic carbocycles. The molecule has 0 aliphatic heterocycles. The zero-order chi connectivity index (χ0) is 54.5. The Morgan fingerprint density at radius 1 is 0.392 bits per heavy atom. The molecule has 398 valence electrons. The molecule has 0 aliphatic carbocycles. The van der Waals surface area contributed by atoms with E-state index in [9.17, 15) is 19.2 Å². The highest BCUT2D eigenvalue weighted by Gasteiger charge is 2.17. The molecule has 6 rings (SSSR count). The van der Waals surface area contributed by atoms with Crippen LogP contribution in [0.4, 0.5) is 0 Å². The summed E-state index contributed by atoms with van der Waals surface area (Å²) < 4.78 is 15.9. The van der Waals surface area contributed by atoms with Gasteiger partial charge in [-0.3, -0.25) is 19.2 Å². The van der Waals surface area contributed by atoms with Crippen LogP contribution in [0.5, 0.6) is 11.5 Å². The van der Waals surface area contributed by atoms with Gasteiger partial charge in [0.1, 0.15) is 17.6 Å². The van der Waals surface area contributed by atoms with Crippen LogP contribution in [0.1, 0.15) is 106 Å². The maximum Gasteiger partial charge on any atom is 0.311 e. The van der Waals surface area contributed by atoms with Gasteiger partial charge in [-0.15, -0.1) is 35.3 Å². The van der Waals surface area contributed by atoms with Crippen LogP contribution in [0.2, 0.25) is 0 Å². The van der Waals surface area contributed by atoms with Crippen molar-refractivity contribution >= 4 is 70.1 Å². The monoisotopic (exact) mass is 1080 g/mol. The van der Waals surface area contributed by atoms with Gasteiger partial charge in [-0.1, -0.05) is 184 Å². The highest BCUT2D eigenvalue weighted by atomic mass is 32.2. The summed E-state index contributed by atoms with van der Waals surface area (Å²) in [5, 5.41) is 0.251. The first-order valence-electron chi connectivity index (χ1n) is 25.4. The first-order chi connectivity index (χ1) is 35.4. The third kappa shape index (κ3) is 33.6. The molecule has 0 atom stereocenters. The quantitative estimate of drug-likeness (QED) is 0.0415. The number of carbonyl (C=O) groups is 4. The van der Waals surface area contributed by atoms with Crippen LogP contribution in [0.3, 0.4) is 0 Å². The van der Waals surface area contributed by atoms with Gasteiger partial charge >= 0.3 is 17.9 Å². The van der Waals surface area contributed by atoms with E-state index in [1.165, 1.54) is 32.0 Å². The Morgan fingerprint density at radius 2 is 0.730 bits per heavy atom. The Morgan fingerprint density at radius 3 is 1.07 bits per heavy atom.